The van der Waals surface area contributed by atoms with Crippen LogP contribution in [-0.4, -0.2) is 30.3 Å². The van der Waals surface area contributed by atoms with Crippen molar-refractivity contribution in [3.63, 3.8) is 0 Å². The molecular formula is C11H13ClO5S. The minimum Gasteiger partial charge on any atom is -0.464 e. The molecule has 0 radical (unpaired) electrons. The van der Waals surface area contributed by atoms with E-state index in [-0.39, 0.29) is 28.0 Å². The third-order valence-electron chi connectivity index (χ3n) is 2.00. The number of hydrogen-bond acceptors (Lipinski definition) is 6. The van der Waals surface area contributed by atoms with Gasteiger partial charge >= 0.3 is 11.9 Å². The maximum Gasteiger partial charge on any atom is 0.348 e. The summed E-state index contributed by atoms with van der Waals surface area (Å²) in [7, 11) is 0. The molecule has 1 aromatic rings. The van der Waals surface area contributed by atoms with Crippen LogP contribution >= 0.6 is 22.9 Å². The number of hydrogen-bond donors (Lipinski definition) is 1. The van der Waals surface area contributed by atoms with Gasteiger partial charge in [-0.2, -0.15) is 0 Å². The molecule has 0 amide bonds. The lowest BCUT2D eigenvalue weighted by Crippen LogP contribution is -2.17. The zero-order chi connectivity index (χ0) is 13.7. The van der Waals surface area contributed by atoms with Crippen molar-refractivity contribution in [3.8, 4) is 0 Å². The third kappa shape index (κ3) is 3.44. The fourth-order valence-electron chi connectivity index (χ4n) is 1.28. The first-order valence-corrected chi connectivity index (χ1v) is 6.51. The molecular weight excluding hydrogens is 280 g/mol. The van der Waals surface area contributed by atoms with E-state index in [9.17, 15) is 14.7 Å². The van der Waals surface area contributed by atoms with Gasteiger partial charge in [0.1, 0.15) is 4.88 Å². The molecule has 1 rings (SSSR count). The number of ether oxygens (including phenoxy) is 2. The number of halogens is 1. The fourth-order valence-corrected chi connectivity index (χ4v) is 2.44. The second-order valence-corrected chi connectivity index (χ2v) is 4.89. The minimum absolute atomic E-state index is 0.113. The Balaban J connectivity index is 3.01. The molecule has 0 saturated carbocycles. The monoisotopic (exact) mass is 292 g/mol. The molecule has 1 aromatic heterocycles. The Labute approximate surface area is 113 Å². The molecule has 0 aliphatic heterocycles. The number of carbonyl (C=O) groups excluding carboxylic acids is 2. The lowest BCUT2D eigenvalue weighted by molar-refractivity contribution is -0.153. The van der Waals surface area contributed by atoms with Gasteiger partial charge in [0, 0.05) is 5.56 Å². The Kier molecular flexibility index (Phi) is 5.58. The molecule has 0 fully saturated rings. The molecule has 5 nitrogen and oxygen atoms in total. The first-order valence-electron chi connectivity index (χ1n) is 5.32. The summed E-state index contributed by atoms with van der Waals surface area (Å²) in [5.41, 5.74) is 0.113. The second-order valence-electron chi connectivity index (χ2n) is 3.21. The molecule has 1 N–H and O–H groups in total. The predicted molar refractivity (Wildman–Crippen MR) is 66.9 cm³/mol. The summed E-state index contributed by atoms with van der Waals surface area (Å²) in [5, 5.41) is 9.80. The Morgan fingerprint density at radius 2 is 2.00 bits per heavy atom. The smallest absolute Gasteiger partial charge is 0.348 e. The van der Waals surface area contributed by atoms with Crippen LogP contribution in [0.25, 0.3) is 0 Å². The van der Waals surface area contributed by atoms with Crippen LogP contribution in [0.1, 0.15) is 35.2 Å². The van der Waals surface area contributed by atoms with Crippen LogP contribution < -0.4 is 0 Å². The molecule has 0 saturated heterocycles. The average Bonchev–Trinajstić information content (AvgIpc) is 2.71. The van der Waals surface area contributed by atoms with Gasteiger partial charge in [-0.3, -0.25) is 0 Å². The van der Waals surface area contributed by atoms with Gasteiger partial charge in [0.2, 0.25) is 0 Å². The van der Waals surface area contributed by atoms with E-state index in [1.54, 1.807) is 13.8 Å². The van der Waals surface area contributed by atoms with E-state index in [1.165, 1.54) is 6.07 Å². The normalized spacial score (nSPS) is 12.0. The molecule has 0 bridgehead atoms. The zero-order valence-corrected chi connectivity index (χ0v) is 11.5. The van der Waals surface area contributed by atoms with Crippen molar-refractivity contribution < 1.29 is 24.2 Å². The summed E-state index contributed by atoms with van der Waals surface area (Å²) >= 11 is 6.73. The molecule has 0 aromatic carbocycles. The van der Waals surface area contributed by atoms with Gasteiger partial charge in [-0.25, -0.2) is 9.59 Å². The number of aliphatic hydroxyl groups excluding tert-OH is 1. The van der Waals surface area contributed by atoms with Crippen molar-refractivity contribution >= 4 is 34.9 Å². The SMILES string of the molecule is CCOC(=O)c1sc(Cl)cc1C(O)C(=O)OCC. The first-order chi connectivity index (χ1) is 8.51. The zero-order valence-electron chi connectivity index (χ0n) is 9.94. The molecule has 1 atom stereocenters. The largest absolute Gasteiger partial charge is 0.464 e. The van der Waals surface area contributed by atoms with Crippen LogP contribution in [0, 0.1) is 0 Å². The Morgan fingerprint density at radius 3 is 2.56 bits per heavy atom. The van der Waals surface area contributed by atoms with Gasteiger partial charge in [-0.15, -0.1) is 11.3 Å². The summed E-state index contributed by atoms with van der Waals surface area (Å²) in [6.07, 6.45) is -1.53. The van der Waals surface area contributed by atoms with Crippen LogP contribution in [0.15, 0.2) is 6.07 Å². The Morgan fingerprint density at radius 1 is 1.39 bits per heavy atom. The minimum atomic E-state index is -1.53. The third-order valence-corrected chi connectivity index (χ3v) is 3.26. The highest BCUT2D eigenvalue weighted by Gasteiger charge is 2.27. The summed E-state index contributed by atoms with van der Waals surface area (Å²) in [5.74, 6) is -1.44. The van der Waals surface area contributed by atoms with Gasteiger partial charge in [0.05, 0.1) is 17.6 Å². The van der Waals surface area contributed by atoms with E-state index >= 15 is 0 Å². The van der Waals surface area contributed by atoms with Gasteiger partial charge in [-0.05, 0) is 19.9 Å². The summed E-state index contributed by atoms with van der Waals surface area (Å²) < 4.78 is 9.79. The molecule has 1 unspecified atom stereocenters. The van der Waals surface area contributed by atoms with E-state index in [1.807, 2.05) is 0 Å². The fraction of sp³-hybridized carbons (Fsp3) is 0.455. The lowest BCUT2D eigenvalue weighted by atomic mass is 10.1. The maximum atomic E-state index is 11.6. The molecule has 18 heavy (non-hydrogen) atoms. The number of rotatable bonds is 5. The molecule has 0 aliphatic rings. The maximum absolute atomic E-state index is 11.6. The first kappa shape index (κ1) is 14.9. The quantitative estimate of drug-likeness (QED) is 0.842. The van der Waals surface area contributed by atoms with Gasteiger partial charge < -0.3 is 14.6 Å². The van der Waals surface area contributed by atoms with E-state index in [0.29, 0.717) is 0 Å². The number of thiophene rings is 1. The average molecular weight is 293 g/mol. The van der Waals surface area contributed by atoms with Crippen molar-refractivity contribution in [2.24, 2.45) is 0 Å². The van der Waals surface area contributed by atoms with E-state index in [2.05, 4.69) is 4.74 Å². The highest BCUT2D eigenvalue weighted by atomic mass is 35.5. The molecule has 0 aliphatic carbocycles. The van der Waals surface area contributed by atoms with E-state index < -0.39 is 18.0 Å². The van der Waals surface area contributed by atoms with Gasteiger partial charge in [-0.1, -0.05) is 11.6 Å². The number of aliphatic hydroxyl groups is 1. The van der Waals surface area contributed by atoms with E-state index in [0.717, 1.165) is 11.3 Å². The van der Waals surface area contributed by atoms with Crippen LogP contribution in [0.3, 0.4) is 0 Å². The highest BCUT2D eigenvalue weighted by Crippen LogP contribution is 2.32. The topological polar surface area (TPSA) is 72.8 Å². The number of esters is 2. The summed E-state index contributed by atoms with van der Waals surface area (Å²) in [6.45, 7) is 3.62. The van der Waals surface area contributed by atoms with Crippen molar-refractivity contribution in [1.82, 2.24) is 0 Å². The lowest BCUT2D eigenvalue weighted by Gasteiger charge is -2.09. The Hall–Kier alpha value is -1.11. The Bertz CT molecular complexity index is 443. The van der Waals surface area contributed by atoms with Crippen molar-refractivity contribution in [2.75, 3.05) is 13.2 Å². The molecule has 0 spiro atoms. The second kappa shape index (κ2) is 6.72. The molecule has 7 heteroatoms. The standard InChI is InChI=1S/C11H13ClO5S/c1-3-16-10(14)8(13)6-5-7(12)18-9(6)11(15)17-4-2/h5,8,13H,3-4H2,1-2H3. The van der Waals surface area contributed by atoms with Crippen LogP contribution in [0.4, 0.5) is 0 Å². The number of carbonyl (C=O) groups is 2. The van der Waals surface area contributed by atoms with E-state index in [4.69, 9.17) is 16.3 Å². The summed E-state index contributed by atoms with van der Waals surface area (Å²) in [4.78, 5) is 23.2. The van der Waals surface area contributed by atoms with Crippen LogP contribution in [0.5, 0.6) is 0 Å². The molecule has 1 heterocycles. The van der Waals surface area contributed by atoms with Crippen molar-refractivity contribution in [1.29, 1.82) is 0 Å². The van der Waals surface area contributed by atoms with Crippen LogP contribution in [-0.2, 0) is 14.3 Å². The van der Waals surface area contributed by atoms with Gasteiger partial charge in [0.25, 0.3) is 0 Å². The van der Waals surface area contributed by atoms with Crippen molar-refractivity contribution in [3.05, 3.63) is 20.8 Å². The van der Waals surface area contributed by atoms with Crippen molar-refractivity contribution in [2.45, 2.75) is 20.0 Å². The van der Waals surface area contributed by atoms with Crippen LogP contribution in [0.2, 0.25) is 4.34 Å². The van der Waals surface area contributed by atoms with Gasteiger partial charge in [0.15, 0.2) is 6.10 Å². The highest BCUT2D eigenvalue weighted by molar-refractivity contribution is 7.18. The molecule has 100 valence electrons. The summed E-state index contributed by atoms with van der Waals surface area (Å²) in [6, 6.07) is 1.36. The predicted octanol–water partition coefficient (Wildman–Crippen LogP) is 2.17.